The molecule has 0 radical (unpaired) electrons. The highest BCUT2D eigenvalue weighted by atomic mass is 14.2. The molecule has 0 saturated heterocycles. The van der Waals surface area contributed by atoms with E-state index in [1.54, 1.807) is 0 Å². The molecule has 0 fully saturated rings. The molecule has 0 heteroatoms. The van der Waals surface area contributed by atoms with Gasteiger partial charge in [-0.25, -0.2) is 0 Å². The average molecular weight is 385 g/mol. The van der Waals surface area contributed by atoms with E-state index in [2.05, 4.69) is 111 Å². The minimum atomic E-state index is 1.19. The van der Waals surface area contributed by atoms with Crippen LogP contribution in [-0.2, 0) is 0 Å². The van der Waals surface area contributed by atoms with Crippen molar-refractivity contribution >= 4 is 27.6 Å². The molecule has 0 amide bonds. The van der Waals surface area contributed by atoms with Gasteiger partial charge in [0.2, 0.25) is 0 Å². The molecule has 0 spiro atoms. The summed E-state index contributed by atoms with van der Waals surface area (Å²) in [6.45, 7) is 8.29. The van der Waals surface area contributed by atoms with Gasteiger partial charge in [-0.3, -0.25) is 0 Å². The van der Waals surface area contributed by atoms with Gasteiger partial charge in [0.1, 0.15) is 0 Å². The number of rotatable bonds is 3. The lowest BCUT2D eigenvalue weighted by molar-refractivity contribution is 1.44. The van der Waals surface area contributed by atoms with Crippen molar-refractivity contribution in [3.05, 3.63) is 114 Å². The fourth-order valence-corrected chi connectivity index (χ4v) is 4.51. The molecule has 0 nitrogen and oxygen atoms in total. The van der Waals surface area contributed by atoms with E-state index in [0.29, 0.717) is 0 Å². The van der Waals surface area contributed by atoms with Gasteiger partial charge in [-0.05, 0) is 80.4 Å². The molecular formula is C30H24. The standard InChI is InChI=1S/C30H24/c1-4-22-19-23(17-15-20(22)2)25-11-7-13-28-27(25)12-8-14-29(28)30-18-16-21(3)24-9-5-6-10-26(24)30/h4-19H,1H2,2-3H3. The Bertz CT molecular complexity index is 1420. The van der Waals surface area contributed by atoms with Crippen LogP contribution in [0.4, 0.5) is 0 Å². The first-order chi connectivity index (χ1) is 14.7. The fourth-order valence-electron chi connectivity index (χ4n) is 4.51. The lowest BCUT2D eigenvalue weighted by atomic mass is 9.89. The highest BCUT2D eigenvalue weighted by molar-refractivity contribution is 6.09. The Hall–Kier alpha value is -3.64. The minimum Gasteiger partial charge on any atom is -0.0985 e. The Morgan fingerprint density at radius 2 is 1.10 bits per heavy atom. The smallest absolute Gasteiger partial charge is 0.00990 e. The molecule has 5 aromatic rings. The van der Waals surface area contributed by atoms with Crippen LogP contribution in [0.15, 0.2) is 97.6 Å². The van der Waals surface area contributed by atoms with E-state index in [4.69, 9.17) is 0 Å². The lowest BCUT2D eigenvalue weighted by Crippen LogP contribution is -1.89. The average Bonchev–Trinajstić information content (AvgIpc) is 2.79. The molecule has 144 valence electrons. The monoisotopic (exact) mass is 384 g/mol. The SMILES string of the molecule is C=Cc1cc(-c2cccc3c(-c4ccc(C)c5ccccc45)cccc23)ccc1C. The third kappa shape index (κ3) is 2.93. The Morgan fingerprint density at radius 3 is 1.87 bits per heavy atom. The molecule has 0 saturated carbocycles. The largest absolute Gasteiger partial charge is 0.0985 e. The zero-order valence-electron chi connectivity index (χ0n) is 17.4. The van der Waals surface area contributed by atoms with E-state index in [1.807, 2.05) is 6.08 Å². The molecule has 0 bridgehead atoms. The quantitative estimate of drug-likeness (QED) is 0.292. The first-order valence-corrected chi connectivity index (χ1v) is 10.4. The molecule has 0 heterocycles. The molecule has 30 heavy (non-hydrogen) atoms. The molecule has 0 aliphatic rings. The molecule has 0 N–H and O–H groups in total. The second-order valence-corrected chi connectivity index (χ2v) is 7.96. The van der Waals surface area contributed by atoms with Crippen molar-refractivity contribution in [3.63, 3.8) is 0 Å². The van der Waals surface area contributed by atoms with Crippen LogP contribution in [0.2, 0.25) is 0 Å². The van der Waals surface area contributed by atoms with Crippen LogP contribution in [0.25, 0.3) is 49.9 Å². The van der Waals surface area contributed by atoms with Gasteiger partial charge in [0, 0.05) is 0 Å². The van der Waals surface area contributed by atoms with Crippen molar-refractivity contribution < 1.29 is 0 Å². The molecule has 0 aliphatic carbocycles. The van der Waals surface area contributed by atoms with Gasteiger partial charge in [-0.1, -0.05) is 97.6 Å². The van der Waals surface area contributed by atoms with E-state index in [-0.39, 0.29) is 0 Å². The molecule has 0 aliphatic heterocycles. The Morgan fingerprint density at radius 1 is 0.533 bits per heavy atom. The number of hydrogen-bond donors (Lipinski definition) is 0. The Balaban J connectivity index is 1.79. The van der Waals surface area contributed by atoms with Gasteiger partial charge in [0.05, 0.1) is 0 Å². The zero-order valence-corrected chi connectivity index (χ0v) is 17.4. The summed E-state index contributed by atoms with van der Waals surface area (Å²) in [5.74, 6) is 0. The topological polar surface area (TPSA) is 0 Å². The van der Waals surface area contributed by atoms with Gasteiger partial charge in [-0.15, -0.1) is 0 Å². The fraction of sp³-hybridized carbons (Fsp3) is 0.0667. The number of benzene rings is 5. The van der Waals surface area contributed by atoms with Crippen molar-refractivity contribution in [2.75, 3.05) is 0 Å². The number of fused-ring (bicyclic) bond motifs is 2. The van der Waals surface area contributed by atoms with Crippen molar-refractivity contribution in [2.24, 2.45) is 0 Å². The van der Waals surface area contributed by atoms with E-state index < -0.39 is 0 Å². The predicted molar refractivity (Wildman–Crippen MR) is 132 cm³/mol. The van der Waals surface area contributed by atoms with E-state index in [1.165, 1.54) is 60.5 Å². The lowest BCUT2D eigenvalue weighted by Gasteiger charge is -2.14. The van der Waals surface area contributed by atoms with Gasteiger partial charge in [0.25, 0.3) is 0 Å². The van der Waals surface area contributed by atoms with Gasteiger partial charge >= 0.3 is 0 Å². The first-order valence-electron chi connectivity index (χ1n) is 10.4. The van der Waals surface area contributed by atoms with Gasteiger partial charge in [0.15, 0.2) is 0 Å². The van der Waals surface area contributed by atoms with Crippen molar-refractivity contribution in [2.45, 2.75) is 13.8 Å². The van der Waals surface area contributed by atoms with E-state index in [0.717, 1.165) is 0 Å². The van der Waals surface area contributed by atoms with Crippen LogP contribution in [0, 0.1) is 13.8 Å². The molecule has 5 aromatic carbocycles. The molecule has 0 atom stereocenters. The highest BCUT2D eigenvalue weighted by Gasteiger charge is 2.12. The second-order valence-electron chi connectivity index (χ2n) is 7.96. The van der Waals surface area contributed by atoms with Crippen LogP contribution in [0.3, 0.4) is 0 Å². The van der Waals surface area contributed by atoms with Crippen LogP contribution in [-0.4, -0.2) is 0 Å². The summed E-state index contributed by atoms with van der Waals surface area (Å²) >= 11 is 0. The maximum atomic E-state index is 3.98. The summed E-state index contributed by atoms with van der Waals surface area (Å²) < 4.78 is 0. The summed E-state index contributed by atoms with van der Waals surface area (Å²) in [4.78, 5) is 0. The summed E-state index contributed by atoms with van der Waals surface area (Å²) in [6, 6.07) is 33.1. The van der Waals surface area contributed by atoms with Crippen LogP contribution < -0.4 is 0 Å². The second kappa shape index (κ2) is 7.31. The summed E-state index contributed by atoms with van der Waals surface area (Å²) in [5.41, 5.74) is 8.80. The maximum Gasteiger partial charge on any atom is -0.00990 e. The van der Waals surface area contributed by atoms with Gasteiger partial charge < -0.3 is 0 Å². The highest BCUT2D eigenvalue weighted by Crippen LogP contribution is 2.38. The van der Waals surface area contributed by atoms with Crippen molar-refractivity contribution in [1.29, 1.82) is 0 Å². The van der Waals surface area contributed by atoms with E-state index >= 15 is 0 Å². The molecule has 0 unspecified atom stereocenters. The Kier molecular flexibility index (Phi) is 4.48. The van der Waals surface area contributed by atoms with Crippen LogP contribution in [0.5, 0.6) is 0 Å². The number of aryl methyl sites for hydroxylation is 2. The minimum absolute atomic E-state index is 1.19. The number of hydrogen-bond acceptors (Lipinski definition) is 0. The van der Waals surface area contributed by atoms with E-state index in [9.17, 15) is 0 Å². The first kappa shape index (κ1) is 18.4. The summed E-state index contributed by atoms with van der Waals surface area (Å²) in [7, 11) is 0. The molecular weight excluding hydrogens is 360 g/mol. The zero-order chi connectivity index (χ0) is 20.7. The predicted octanol–water partition coefficient (Wildman–Crippen LogP) is 8.59. The van der Waals surface area contributed by atoms with Crippen molar-refractivity contribution in [3.8, 4) is 22.3 Å². The normalized spacial score (nSPS) is 11.1. The van der Waals surface area contributed by atoms with Crippen LogP contribution in [0.1, 0.15) is 16.7 Å². The van der Waals surface area contributed by atoms with Crippen LogP contribution >= 0.6 is 0 Å². The molecule has 5 rings (SSSR count). The maximum absolute atomic E-state index is 3.98. The summed E-state index contributed by atoms with van der Waals surface area (Å²) in [5, 5.41) is 5.18. The summed E-state index contributed by atoms with van der Waals surface area (Å²) in [6.07, 6.45) is 1.94. The third-order valence-corrected chi connectivity index (χ3v) is 6.16. The van der Waals surface area contributed by atoms with Gasteiger partial charge in [-0.2, -0.15) is 0 Å². The Labute approximate surface area is 178 Å². The third-order valence-electron chi connectivity index (χ3n) is 6.16. The molecule has 0 aromatic heterocycles. The van der Waals surface area contributed by atoms with Crippen molar-refractivity contribution in [1.82, 2.24) is 0 Å².